The zero-order valence-corrected chi connectivity index (χ0v) is 12.6. The number of para-hydroxylation sites is 2. The van der Waals surface area contributed by atoms with Gasteiger partial charge in [0.15, 0.2) is 0 Å². The Balaban J connectivity index is 1.92. The molecule has 0 radical (unpaired) electrons. The Morgan fingerprint density at radius 3 is 3.04 bits per heavy atom. The lowest BCUT2D eigenvalue weighted by molar-refractivity contribution is 0.252. The van der Waals surface area contributed by atoms with Gasteiger partial charge in [0.1, 0.15) is 6.23 Å². The van der Waals surface area contributed by atoms with Gasteiger partial charge in [0, 0.05) is 25.0 Å². The number of aliphatic imine (C=N–C) groups is 2. The highest BCUT2D eigenvalue weighted by Crippen LogP contribution is 2.24. The Hall–Kier alpha value is -2.92. The molecule has 0 amide bonds. The molecule has 1 heterocycles. The Morgan fingerprint density at radius 1 is 1.17 bits per heavy atom. The van der Waals surface area contributed by atoms with E-state index in [4.69, 9.17) is 0 Å². The number of fused-ring (bicyclic) bond motifs is 2. The summed E-state index contributed by atoms with van der Waals surface area (Å²) < 4.78 is 0. The summed E-state index contributed by atoms with van der Waals surface area (Å²) in [5.74, 6) is 0. The van der Waals surface area contributed by atoms with Crippen LogP contribution in [-0.2, 0) is 0 Å². The van der Waals surface area contributed by atoms with E-state index in [0.29, 0.717) is 0 Å². The third-order valence-electron chi connectivity index (χ3n) is 3.36. The number of nitrogens with one attached hydrogen (secondary N) is 2. The summed E-state index contributed by atoms with van der Waals surface area (Å²) in [6.07, 6.45) is 14.5. The lowest BCUT2D eigenvalue weighted by Crippen LogP contribution is -2.20. The van der Waals surface area contributed by atoms with Crippen LogP contribution in [0.3, 0.4) is 0 Å². The molecule has 0 bridgehead atoms. The number of benzene rings is 1. The molecule has 0 saturated carbocycles. The maximum absolute atomic E-state index is 10.1. The van der Waals surface area contributed by atoms with Crippen molar-refractivity contribution < 1.29 is 5.11 Å². The quantitative estimate of drug-likeness (QED) is 0.690. The van der Waals surface area contributed by atoms with Gasteiger partial charge < -0.3 is 15.7 Å². The molecule has 2 aliphatic rings. The molecule has 1 atom stereocenters. The Kier molecular flexibility index (Phi) is 4.81. The molecule has 1 unspecified atom stereocenters. The predicted molar refractivity (Wildman–Crippen MR) is 94.9 cm³/mol. The number of aliphatic hydroxyl groups is 1. The van der Waals surface area contributed by atoms with Crippen LogP contribution < -0.4 is 10.6 Å². The van der Waals surface area contributed by atoms with Crippen molar-refractivity contribution in [3.8, 4) is 0 Å². The van der Waals surface area contributed by atoms with Gasteiger partial charge in [-0.1, -0.05) is 24.3 Å². The first-order valence-corrected chi connectivity index (χ1v) is 7.43. The van der Waals surface area contributed by atoms with Crippen LogP contribution in [0.15, 0.2) is 82.7 Å². The fraction of sp³-hybridized carbons (Fsp3) is 0.111. The molecule has 0 saturated heterocycles. The topological polar surface area (TPSA) is 69.0 Å². The molecule has 0 spiro atoms. The van der Waals surface area contributed by atoms with E-state index in [2.05, 4.69) is 20.6 Å². The van der Waals surface area contributed by atoms with Crippen molar-refractivity contribution in [1.29, 1.82) is 0 Å². The Labute approximate surface area is 135 Å². The van der Waals surface area contributed by atoms with Crippen LogP contribution in [-0.4, -0.2) is 23.3 Å². The number of anilines is 1. The van der Waals surface area contributed by atoms with Gasteiger partial charge in [-0.15, -0.1) is 0 Å². The van der Waals surface area contributed by atoms with E-state index in [9.17, 15) is 5.11 Å². The molecule has 0 fully saturated rings. The summed E-state index contributed by atoms with van der Waals surface area (Å²) >= 11 is 0. The van der Waals surface area contributed by atoms with Crippen LogP contribution >= 0.6 is 0 Å². The molecule has 3 N–H and O–H groups in total. The van der Waals surface area contributed by atoms with Crippen molar-refractivity contribution in [2.75, 3.05) is 5.32 Å². The van der Waals surface area contributed by atoms with Crippen LogP contribution in [0.2, 0.25) is 0 Å². The van der Waals surface area contributed by atoms with E-state index < -0.39 is 6.23 Å². The third-order valence-corrected chi connectivity index (χ3v) is 3.36. The van der Waals surface area contributed by atoms with Gasteiger partial charge in [0.2, 0.25) is 0 Å². The summed E-state index contributed by atoms with van der Waals surface area (Å²) in [6.45, 7) is 0. The third kappa shape index (κ3) is 4.05. The first kappa shape index (κ1) is 15.0. The zero-order chi connectivity index (χ0) is 15.9. The number of aliphatic hydroxyl groups excluding tert-OH is 1. The van der Waals surface area contributed by atoms with Crippen molar-refractivity contribution in [1.82, 2.24) is 5.32 Å². The summed E-state index contributed by atoms with van der Waals surface area (Å²) in [5, 5.41) is 16.3. The van der Waals surface area contributed by atoms with Gasteiger partial charge in [-0.25, -0.2) is 0 Å². The molecule has 1 aliphatic carbocycles. The smallest absolute Gasteiger partial charge is 0.145 e. The van der Waals surface area contributed by atoms with Gasteiger partial charge in [0.25, 0.3) is 0 Å². The summed E-state index contributed by atoms with van der Waals surface area (Å²) in [4.78, 5) is 8.85. The summed E-state index contributed by atoms with van der Waals surface area (Å²) in [7, 11) is 0. The second-order valence-corrected chi connectivity index (χ2v) is 5.02. The molecule has 5 heteroatoms. The van der Waals surface area contributed by atoms with Crippen molar-refractivity contribution in [3.05, 3.63) is 72.7 Å². The average molecular weight is 306 g/mol. The first-order valence-electron chi connectivity index (χ1n) is 7.43. The van der Waals surface area contributed by atoms with Crippen molar-refractivity contribution in [2.45, 2.75) is 12.6 Å². The summed E-state index contributed by atoms with van der Waals surface area (Å²) in [5.41, 5.74) is 3.36. The van der Waals surface area contributed by atoms with E-state index in [0.717, 1.165) is 29.2 Å². The highest BCUT2D eigenvalue weighted by molar-refractivity contribution is 6.02. The lowest BCUT2D eigenvalue weighted by atomic mass is 10.1. The van der Waals surface area contributed by atoms with Crippen LogP contribution in [0, 0.1) is 0 Å². The van der Waals surface area contributed by atoms with E-state index in [1.807, 2.05) is 42.5 Å². The molecule has 5 nitrogen and oxygen atoms in total. The lowest BCUT2D eigenvalue weighted by Gasteiger charge is -2.14. The number of rotatable bonds is 0. The highest BCUT2D eigenvalue weighted by Gasteiger charge is 2.07. The van der Waals surface area contributed by atoms with Gasteiger partial charge >= 0.3 is 0 Å². The van der Waals surface area contributed by atoms with Crippen molar-refractivity contribution in [2.24, 2.45) is 9.98 Å². The second-order valence-electron chi connectivity index (χ2n) is 5.02. The van der Waals surface area contributed by atoms with Crippen LogP contribution in [0.4, 0.5) is 11.4 Å². The molecule has 3 rings (SSSR count). The maximum atomic E-state index is 10.1. The second kappa shape index (κ2) is 7.38. The molecule has 23 heavy (non-hydrogen) atoms. The molecule has 1 aliphatic heterocycles. The SMILES string of the molecule is OC1/C=C\NC2=CC=CCC2=N/C=C\C=Nc2ccccc2N1. The monoisotopic (exact) mass is 306 g/mol. The van der Waals surface area contributed by atoms with Gasteiger partial charge in [-0.3, -0.25) is 9.98 Å². The van der Waals surface area contributed by atoms with Crippen molar-refractivity contribution in [3.63, 3.8) is 0 Å². The summed E-state index contributed by atoms with van der Waals surface area (Å²) in [6, 6.07) is 7.55. The van der Waals surface area contributed by atoms with E-state index >= 15 is 0 Å². The van der Waals surface area contributed by atoms with Gasteiger partial charge in [0.05, 0.1) is 22.8 Å². The average Bonchev–Trinajstić information content (AvgIpc) is 2.57. The maximum Gasteiger partial charge on any atom is 0.145 e. The van der Waals surface area contributed by atoms with Crippen LogP contribution in [0.5, 0.6) is 0 Å². The standard InChI is InChI=1S/C18H18N4O/c23-18-10-13-21-15-7-2-1-6-14(15)19-11-5-12-20-16-8-3-4-9-17(16)22-18/h1-5,7-13,18,21-23H,6H2/b11-5-,13-10-,19-14?,20-12?. The van der Waals surface area contributed by atoms with E-state index in [-0.39, 0.29) is 0 Å². The zero-order valence-electron chi connectivity index (χ0n) is 12.6. The molecule has 116 valence electrons. The predicted octanol–water partition coefficient (Wildman–Crippen LogP) is 3.03. The fourth-order valence-electron chi connectivity index (χ4n) is 2.24. The molecular weight excluding hydrogens is 288 g/mol. The molecule has 0 aromatic heterocycles. The van der Waals surface area contributed by atoms with Crippen LogP contribution in [0.1, 0.15) is 6.42 Å². The fourth-order valence-corrected chi connectivity index (χ4v) is 2.24. The van der Waals surface area contributed by atoms with Gasteiger partial charge in [-0.05, 0) is 30.4 Å². The van der Waals surface area contributed by atoms with E-state index in [1.54, 1.807) is 30.8 Å². The molecule has 1 aromatic carbocycles. The number of hydrogen-bond acceptors (Lipinski definition) is 5. The van der Waals surface area contributed by atoms with E-state index in [1.165, 1.54) is 0 Å². The Bertz CT molecular complexity index is 741. The minimum atomic E-state index is -0.822. The minimum Gasteiger partial charge on any atom is -0.370 e. The number of allylic oxidation sites excluding steroid dienone is 5. The molecular formula is C18H18N4O. The number of hydrogen-bond donors (Lipinski definition) is 3. The normalized spacial score (nSPS) is 23.1. The Morgan fingerprint density at radius 2 is 2.09 bits per heavy atom. The number of nitrogens with zero attached hydrogens (tertiary/aromatic N) is 2. The molecule has 1 aromatic rings. The van der Waals surface area contributed by atoms with Gasteiger partial charge in [-0.2, -0.15) is 0 Å². The highest BCUT2D eigenvalue weighted by atomic mass is 16.3. The largest absolute Gasteiger partial charge is 0.370 e. The van der Waals surface area contributed by atoms with Crippen LogP contribution in [0.25, 0.3) is 0 Å². The minimum absolute atomic E-state index is 0.753. The first-order chi connectivity index (χ1) is 11.3. The van der Waals surface area contributed by atoms with Crippen molar-refractivity contribution >= 4 is 23.3 Å².